The van der Waals surface area contributed by atoms with Crippen LogP contribution in [0, 0.1) is 0 Å². The van der Waals surface area contributed by atoms with Gasteiger partial charge in [0, 0.05) is 12.3 Å². The molecule has 84 valence electrons. The molecular weight excluding hydrogens is 192 g/mol. The van der Waals surface area contributed by atoms with Gasteiger partial charge in [0.25, 0.3) is 0 Å². The first kappa shape index (κ1) is 10.6. The smallest absolute Gasteiger partial charge is 0.229 e. The topological polar surface area (TPSA) is 68.2 Å². The molecule has 1 fully saturated rings. The summed E-state index contributed by atoms with van der Waals surface area (Å²) >= 11 is 0. The third-order valence-electron chi connectivity index (χ3n) is 2.92. The van der Waals surface area contributed by atoms with Gasteiger partial charge in [-0.3, -0.25) is 0 Å². The molecule has 0 aromatic carbocycles. The molecule has 0 bridgehead atoms. The van der Waals surface area contributed by atoms with Gasteiger partial charge in [-0.05, 0) is 39.5 Å². The van der Waals surface area contributed by atoms with E-state index < -0.39 is 0 Å². The zero-order valence-electron chi connectivity index (χ0n) is 9.15. The molecule has 2 N–H and O–H groups in total. The molecule has 0 atom stereocenters. The Morgan fingerprint density at radius 2 is 2.20 bits per heavy atom. The Morgan fingerprint density at radius 3 is 2.87 bits per heavy atom. The molecule has 0 radical (unpaired) electrons. The lowest BCUT2D eigenvalue weighted by molar-refractivity contribution is 0.227. The van der Waals surface area contributed by atoms with Crippen LogP contribution in [-0.4, -0.2) is 41.7 Å². The van der Waals surface area contributed by atoms with Crippen molar-refractivity contribution in [2.75, 3.05) is 26.7 Å². The van der Waals surface area contributed by atoms with Crippen molar-refractivity contribution in [2.45, 2.75) is 25.2 Å². The molecule has 1 aromatic rings. The second kappa shape index (κ2) is 4.72. The Labute approximate surface area is 89.6 Å². The highest BCUT2D eigenvalue weighted by atomic mass is 16.5. The van der Waals surface area contributed by atoms with Crippen molar-refractivity contribution in [3.05, 3.63) is 11.7 Å². The van der Waals surface area contributed by atoms with Gasteiger partial charge in [0.2, 0.25) is 5.89 Å². The minimum Gasteiger partial charge on any atom is -0.339 e. The summed E-state index contributed by atoms with van der Waals surface area (Å²) in [6.07, 6.45) is 2.93. The number of nitrogens with zero attached hydrogens (tertiary/aromatic N) is 3. The molecule has 0 amide bonds. The molecule has 2 rings (SSSR count). The van der Waals surface area contributed by atoms with E-state index in [2.05, 4.69) is 22.1 Å². The zero-order chi connectivity index (χ0) is 10.7. The summed E-state index contributed by atoms with van der Waals surface area (Å²) in [7, 11) is 2.14. The van der Waals surface area contributed by atoms with Crippen LogP contribution in [0.15, 0.2) is 4.52 Å². The maximum atomic E-state index is 5.44. The third kappa shape index (κ3) is 2.54. The lowest BCUT2D eigenvalue weighted by Gasteiger charge is -2.26. The molecule has 2 heterocycles. The lowest BCUT2D eigenvalue weighted by Crippen LogP contribution is -2.29. The first-order chi connectivity index (χ1) is 7.29. The van der Waals surface area contributed by atoms with E-state index in [1.807, 2.05) is 0 Å². The monoisotopic (exact) mass is 210 g/mol. The molecule has 0 saturated carbocycles. The summed E-state index contributed by atoms with van der Waals surface area (Å²) in [6, 6.07) is 0. The predicted octanol–water partition coefficient (Wildman–Crippen LogP) is 0.380. The van der Waals surface area contributed by atoms with Crippen LogP contribution in [0.1, 0.15) is 30.5 Å². The van der Waals surface area contributed by atoms with Gasteiger partial charge in [0.05, 0.1) is 0 Å². The molecule has 0 aliphatic carbocycles. The number of aromatic nitrogens is 2. The van der Waals surface area contributed by atoms with Crippen molar-refractivity contribution in [3.63, 3.8) is 0 Å². The Kier molecular flexibility index (Phi) is 3.33. The zero-order valence-corrected chi connectivity index (χ0v) is 9.15. The SMILES string of the molecule is CN1CCC(c2nc(CCN)no2)CC1. The van der Waals surface area contributed by atoms with Crippen molar-refractivity contribution in [1.82, 2.24) is 15.0 Å². The van der Waals surface area contributed by atoms with Crippen molar-refractivity contribution in [1.29, 1.82) is 0 Å². The summed E-state index contributed by atoms with van der Waals surface area (Å²) < 4.78 is 5.26. The average Bonchev–Trinajstić information content (AvgIpc) is 2.68. The number of rotatable bonds is 3. The predicted molar refractivity (Wildman–Crippen MR) is 56.5 cm³/mol. The summed E-state index contributed by atoms with van der Waals surface area (Å²) in [5.41, 5.74) is 5.44. The second-order valence-corrected chi connectivity index (χ2v) is 4.17. The molecule has 0 unspecified atom stereocenters. The molecule has 1 aliphatic rings. The van der Waals surface area contributed by atoms with Gasteiger partial charge >= 0.3 is 0 Å². The van der Waals surface area contributed by atoms with Crippen LogP contribution >= 0.6 is 0 Å². The Bertz CT molecular complexity index is 304. The normalized spacial score (nSPS) is 19.6. The summed E-state index contributed by atoms with van der Waals surface area (Å²) in [6.45, 7) is 2.80. The van der Waals surface area contributed by atoms with E-state index in [1.54, 1.807) is 0 Å². The minimum atomic E-state index is 0.445. The Balaban J connectivity index is 1.96. The van der Waals surface area contributed by atoms with Crippen LogP contribution in [0.5, 0.6) is 0 Å². The van der Waals surface area contributed by atoms with E-state index in [0.29, 0.717) is 18.9 Å². The lowest BCUT2D eigenvalue weighted by atomic mass is 9.97. The number of hydrogen-bond donors (Lipinski definition) is 1. The van der Waals surface area contributed by atoms with Crippen LogP contribution in [-0.2, 0) is 6.42 Å². The summed E-state index contributed by atoms with van der Waals surface area (Å²) in [5, 5.41) is 3.92. The number of piperidine rings is 1. The van der Waals surface area contributed by atoms with Crippen LogP contribution in [0.3, 0.4) is 0 Å². The quantitative estimate of drug-likeness (QED) is 0.781. The summed E-state index contributed by atoms with van der Waals surface area (Å²) in [4.78, 5) is 6.70. The summed E-state index contributed by atoms with van der Waals surface area (Å²) in [5.74, 6) is 1.98. The Morgan fingerprint density at radius 1 is 1.47 bits per heavy atom. The van der Waals surface area contributed by atoms with Crippen LogP contribution in [0.4, 0.5) is 0 Å². The molecule has 1 aliphatic heterocycles. The fraction of sp³-hybridized carbons (Fsp3) is 0.800. The third-order valence-corrected chi connectivity index (χ3v) is 2.92. The first-order valence-electron chi connectivity index (χ1n) is 5.50. The van der Waals surface area contributed by atoms with E-state index in [9.17, 15) is 0 Å². The molecule has 5 nitrogen and oxygen atoms in total. The highest BCUT2D eigenvalue weighted by Gasteiger charge is 2.23. The van der Waals surface area contributed by atoms with Crippen LogP contribution in [0.25, 0.3) is 0 Å². The maximum absolute atomic E-state index is 5.44. The second-order valence-electron chi connectivity index (χ2n) is 4.17. The van der Waals surface area contributed by atoms with Crippen molar-refractivity contribution >= 4 is 0 Å². The maximum Gasteiger partial charge on any atom is 0.229 e. The molecule has 1 saturated heterocycles. The molecule has 15 heavy (non-hydrogen) atoms. The van der Waals surface area contributed by atoms with E-state index in [4.69, 9.17) is 10.3 Å². The van der Waals surface area contributed by atoms with E-state index in [1.165, 1.54) is 0 Å². The average molecular weight is 210 g/mol. The fourth-order valence-electron chi connectivity index (χ4n) is 1.92. The number of likely N-dealkylation sites (tertiary alicyclic amines) is 1. The van der Waals surface area contributed by atoms with Gasteiger partial charge < -0.3 is 15.2 Å². The largest absolute Gasteiger partial charge is 0.339 e. The Hall–Kier alpha value is -0.940. The van der Waals surface area contributed by atoms with Crippen LogP contribution in [0.2, 0.25) is 0 Å². The van der Waals surface area contributed by atoms with Gasteiger partial charge in [-0.25, -0.2) is 0 Å². The highest BCUT2D eigenvalue weighted by Crippen LogP contribution is 2.25. The number of nitrogens with two attached hydrogens (primary N) is 1. The molecule has 0 spiro atoms. The van der Waals surface area contributed by atoms with Gasteiger partial charge in [0.1, 0.15) is 0 Å². The van der Waals surface area contributed by atoms with Gasteiger partial charge in [-0.15, -0.1) is 0 Å². The van der Waals surface area contributed by atoms with Gasteiger partial charge in [-0.2, -0.15) is 4.98 Å². The van der Waals surface area contributed by atoms with E-state index in [0.717, 1.165) is 37.6 Å². The van der Waals surface area contributed by atoms with E-state index in [-0.39, 0.29) is 0 Å². The van der Waals surface area contributed by atoms with Crippen molar-refractivity contribution in [3.8, 4) is 0 Å². The first-order valence-corrected chi connectivity index (χ1v) is 5.50. The van der Waals surface area contributed by atoms with Crippen LogP contribution < -0.4 is 5.73 Å². The number of hydrogen-bond acceptors (Lipinski definition) is 5. The molecule has 1 aromatic heterocycles. The molecular formula is C10H18N4O. The van der Waals surface area contributed by atoms with Gasteiger partial charge in [0.15, 0.2) is 5.82 Å². The van der Waals surface area contributed by atoms with E-state index >= 15 is 0 Å². The van der Waals surface area contributed by atoms with Crippen molar-refractivity contribution < 1.29 is 4.52 Å². The highest BCUT2D eigenvalue weighted by molar-refractivity contribution is 4.96. The standard InChI is InChI=1S/C10H18N4O/c1-14-6-3-8(4-7-14)10-12-9(2-5-11)13-15-10/h8H,2-7,11H2,1H3. The van der Waals surface area contributed by atoms with Crippen molar-refractivity contribution in [2.24, 2.45) is 5.73 Å². The van der Waals surface area contributed by atoms with Gasteiger partial charge in [-0.1, -0.05) is 5.16 Å². The minimum absolute atomic E-state index is 0.445. The fourth-order valence-corrected chi connectivity index (χ4v) is 1.92. The molecule has 5 heteroatoms.